The predicted octanol–water partition coefficient (Wildman–Crippen LogP) is 2.95. The number of hydrogen-bond donors (Lipinski definition) is 2. The first-order valence-electron chi connectivity index (χ1n) is 7.29. The van der Waals surface area contributed by atoms with Crippen LogP contribution >= 0.6 is 0 Å². The van der Waals surface area contributed by atoms with Crippen LogP contribution < -0.4 is 10.1 Å². The van der Waals surface area contributed by atoms with Crippen LogP contribution in [-0.2, 0) is 4.79 Å². The molecular weight excluding hydrogens is 294 g/mol. The van der Waals surface area contributed by atoms with Crippen molar-refractivity contribution in [2.24, 2.45) is 0 Å². The van der Waals surface area contributed by atoms with Crippen LogP contribution in [0.4, 0.5) is 0 Å². The van der Waals surface area contributed by atoms with Crippen LogP contribution in [0.25, 0.3) is 0 Å². The third-order valence-corrected chi connectivity index (χ3v) is 3.51. The molecule has 5 heteroatoms. The molecule has 0 aliphatic heterocycles. The molecule has 0 aromatic heterocycles. The summed E-state index contributed by atoms with van der Waals surface area (Å²) in [5, 5.41) is 11.9. The van der Waals surface area contributed by atoms with Gasteiger partial charge in [-0.1, -0.05) is 36.4 Å². The van der Waals surface area contributed by atoms with Crippen molar-refractivity contribution in [3.8, 4) is 5.75 Å². The number of ether oxygens (including phenoxy) is 1. The molecule has 2 aromatic rings. The summed E-state index contributed by atoms with van der Waals surface area (Å²) in [5.74, 6) is -1.21. The first-order chi connectivity index (χ1) is 11.0. The molecule has 0 aliphatic carbocycles. The van der Waals surface area contributed by atoms with E-state index in [0.717, 1.165) is 11.1 Å². The molecule has 0 fully saturated rings. The van der Waals surface area contributed by atoms with E-state index in [2.05, 4.69) is 5.32 Å². The molecule has 0 spiro atoms. The number of carboxylic acids is 1. The zero-order valence-electron chi connectivity index (χ0n) is 13.1. The minimum absolute atomic E-state index is 0.0345. The molecule has 1 amide bonds. The lowest BCUT2D eigenvalue weighted by Crippen LogP contribution is -2.31. The van der Waals surface area contributed by atoms with Crippen molar-refractivity contribution in [2.75, 3.05) is 6.61 Å². The van der Waals surface area contributed by atoms with Gasteiger partial charge in [0.05, 0.1) is 6.04 Å². The van der Waals surface area contributed by atoms with E-state index in [1.807, 2.05) is 38.1 Å². The Morgan fingerprint density at radius 1 is 1.13 bits per heavy atom. The Bertz CT molecular complexity index is 712. The van der Waals surface area contributed by atoms with Crippen LogP contribution in [-0.4, -0.2) is 23.6 Å². The fraction of sp³-hybridized carbons (Fsp3) is 0.222. The lowest BCUT2D eigenvalue weighted by Gasteiger charge is -2.17. The molecule has 0 bridgehead atoms. The van der Waals surface area contributed by atoms with Gasteiger partial charge < -0.3 is 15.2 Å². The number of benzene rings is 2. The average Bonchev–Trinajstić information content (AvgIpc) is 2.53. The van der Waals surface area contributed by atoms with E-state index >= 15 is 0 Å². The van der Waals surface area contributed by atoms with Crippen molar-refractivity contribution >= 4 is 11.9 Å². The quantitative estimate of drug-likeness (QED) is 0.859. The van der Waals surface area contributed by atoms with Crippen molar-refractivity contribution < 1.29 is 19.4 Å². The van der Waals surface area contributed by atoms with Gasteiger partial charge in [0.25, 0.3) is 5.91 Å². The number of aryl methyl sites for hydroxylation is 1. The molecule has 2 aromatic carbocycles. The molecule has 2 N–H and O–H groups in total. The molecule has 0 aliphatic rings. The number of carbonyl (C=O) groups is 2. The van der Waals surface area contributed by atoms with Gasteiger partial charge in [0, 0.05) is 0 Å². The summed E-state index contributed by atoms with van der Waals surface area (Å²) < 4.78 is 5.33. The van der Waals surface area contributed by atoms with Crippen molar-refractivity contribution in [1.29, 1.82) is 0 Å². The topological polar surface area (TPSA) is 75.6 Å². The van der Waals surface area contributed by atoms with Gasteiger partial charge in [-0.3, -0.25) is 4.79 Å². The van der Waals surface area contributed by atoms with E-state index in [1.54, 1.807) is 12.1 Å². The Hall–Kier alpha value is -2.82. The molecule has 2 rings (SSSR count). The third-order valence-electron chi connectivity index (χ3n) is 3.51. The molecule has 1 atom stereocenters. The first-order valence-corrected chi connectivity index (χ1v) is 7.29. The second-order valence-corrected chi connectivity index (χ2v) is 5.24. The smallest absolute Gasteiger partial charge is 0.339 e. The number of hydrogen-bond acceptors (Lipinski definition) is 3. The fourth-order valence-corrected chi connectivity index (χ4v) is 2.35. The maximum atomic E-state index is 12.0. The normalized spacial score (nSPS) is 11.6. The van der Waals surface area contributed by atoms with Gasteiger partial charge in [-0.15, -0.1) is 0 Å². The highest BCUT2D eigenvalue weighted by molar-refractivity contribution is 5.91. The summed E-state index contributed by atoms with van der Waals surface area (Å²) in [4.78, 5) is 23.1. The highest BCUT2D eigenvalue weighted by Gasteiger charge is 2.14. The summed E-state index contributed by atoms with van der Waals surface area (Å²) >= 11 is 0. The van der Waals surface area contributed by atoms with E-state index in [0.29, 0.717) is 0 Å². The molecule has 0 saturated carbocycles. The van der Waals surface area contributed by atoms with Gasteiger partial charge in [0.15, 0.2) is 6.61 Å². The molecule has 120 valence electrons. The Labute approximate surface area is 134 Å². The zero-order chi connectivity index (χ0) is 16.8. The van der Waals surface area contributed by atoms with Crippen molar-refractivity contribution in [3.05, 3.63) is 65.2 Å². The van der Waals surface area contributed by atoms with Crippen molar-refractivity contribution in [3.63, 3.8) is 0 Å². The van der Waals surface area contributed by atoms with Crippen molar-refractivity contribution in [2.45, 2.75) is 19.9 Å². The van der Waals surface area contributed by atoms with E-state index in [1.165, 1.54) is 12.1 Å². The largest absolute Gasteiger partial charge is 0.483 e. The number of carboxylic acid groups (broad SMARTS) is 1. The fourth-order valence-electron chi connectivity index (χ4n) is 2.35. The van der Waals surface area contributed by atoms with Gasteiger partial charge in [-0.2, -0.15) is 0 Å². The number of para-hydroxylation sites is 1. The molecule has 0 heterocycles. The van der Waals surface area contributed by atoms with Gasteiger partial charge in [0.2, 0.25) is 0 Å². The summed E-state index contributed by atoms with van der Waals surface area (Å²) in [5.41, 5.74) is 2.16. The Morgan fingerprint density at radius 2 is 1.78 bits per heavy atom. The molecule has 23 heavy (non-hydrogen) atoms. The number of rotatable bonds is 6. The molecule has 0 saturated heterocycles. The minimum Gasteiger partial charge on any atom is -0.483 e. The first kappa shape index (κ1) is 16.5. The van der Waals surface area contributed by atoms with E-state index in [9.17, 15) is 9.59 Å². The summed E-state index contributed by atoms with van der Waals surface area (Å²) in [6, 6.07) is 13.9. The lowest BCUT2D eigenvalue weighted by molar-refractivity contribution is -0.123. The summed E-state index contributed by atoms with van der Waals surface area (Å²) in [7, 11) is 0. The molecule has 0 radical (unpaired) electrons. The molecule has 0 unspecified atom stereocenters. The second-order valence-electron chi connectivity index (χ2n) is 5.24. The van der Waals surface area contributed by atoms with Crippen LogP contribution in [0.5, 0.6) is 5.75 Å². The Balaban J connectivity index is 1.96. The third kappa shape index (κ3) is 4.32. The number of aromatic carboxylic acids is 1. The standard InChI is InChI=1S/C18H19NO4/c1-12-7-3-4-8-14(12)13(2)19-17(20)11-23-16-10-6-5-9-15(16)18(21)22/h3-10,13H,11H2,1-2H3,(H,19,20)(H,21,22)/t13-/m1/s1. The summed E-state index contributed by atoms with van der Waals surface area (Å²) in [6.07, 6.45) is 0. The Morgan fingerprint density at radius 3 is 2.48 bits per heavy atom. The maximum Gasteiger partial charge on any atom is 0.339 e. The van der Waals surface area contributed by atoms with Crippen molar-refractivity contribution in [1.82, 2.24) is 5.32 Å². The molecule has 5 nitrogen and oxygen atoms in total. The van der Waals surface area contributed by atoms with Crippen LogP contribution in [0.3, 0.4) is 0 Å². The van der Waals surface area contributed by atoms with Gasteiger partial charge in [0.1, 0.15) is 11.3 Å². The monoisotopic (exact) mass is 313 g/mol. The van der Waals surface area contributed by atoms with Crippen LogP contribution in [0.1, 0.15) is 34.5 Å². The van der Waals surface area contributed by atoms with Crippen LogP contribution in [0, 0.1) is 6.92 Å². The van der Waals surface area contributed by atoms with Gasteiger partial charge in [-0.25, -0.2) is 4.79 Å². The number of amides is 1. The average molecular weight is 313 g/mol. The molecular formula is C18H19NO4. The SMILES string of the molecule is Cc1ccccc1[C@@H](C)NC(=O)COc1ccccc1C(=O)O. The lowest BCUT2D eigenvalue weighted by atomic mass is 10.0. The van der Waals surface area contributed by atoms with E-state index in [-0.39, 0.29) is 29.9 Å². The maximum absolute atomic E-state index is 12.0. The highest BCUT2D eigenvalue weighted by atomic mass is 16.5. The minimum atomic E-state index is -1.09. The van der Waals surface area contributed by atoms with Crippen LogP contribution in [0.2, 0.25) is 0 Å². The van der Waals surface area contributed by atoms with Gasteiger partial charge >= 0.3 is 5.97 Å². The van der Waals surface area contributed by atoms with E-state index < -0.39 is 5.97 Å². The second kappa shape index (κ2) is 7.45. The van der Waals surface area contributed by atoms with Crippen LogP contribution in [0.15, 0.2) is 48.5 Å². The van der Waals surface area contributed by atoms with Gasteiger partial charge in [-0.05, 0) is 37.1 Å². The Kier molecular flexibility index (Phi) is 5.36. The highest BCUT2D eigenvalue weighted by Crippen LogP contribution is 2.18. The van der Waals surface area contributed by atoms with E-state index in [4.69, 9.17) is 9.84 Å². The number of carbonyl (C=O) groups excluding carboxylic acids is 1. The summed E-state index contributed by atoms with van der Waals surface area (Å²) in [6.45, 7) is 3.64. The number of nitrogens with one attached hydrogen (secondary N) is 1. The zero-order valence-corrected chi connectivity index (χ0v) is 13.1. The predicted molar refractivity (Wildman–Crippen MR) is 86.6 cm³/mol.